The Bertz CT molecular complexity index is 3740. The summed E-state index contributed by atoms with van der Waals surface area (Å²) in [5, 5.41) is 12.7. The zero-order chi connectivity index (χ0) is 39.0. The van der Waals surface area contributed by atoms with Crippen molar-refractivity contribution in [1.82, 2.24) is 14.1 Å². The van der Waals surface area contributed by atoms with Crippen molar-refractivity contribution in [2.75, 3.05) is 0 Å². The van der Waals surface area contributed by atoms with Gasteiger partial charge >= 0.3 is 0 Å². The Hall–Kier alpha value is -7.49. The fourth-order valence-electron chi connectivity index (χ4n) is 10.5. The first kappa shape index (κ1) is 32.6. The molecule has 1 aliphatic carbocycles. The lowest BCUT2D eigenvalue weighted by Gasteiger charge is -2.22. The van der Waals surface area contributed by atoms with Crippen LogP contribution in [0.4, 0.5) is 0 Å². The summed E-state index contributed by atoms with van der Waals surface area (Å²) in [4.78, 5) is 4.86. The molecule has 0 aliphatic heterocycles. The highest BCUT2D eigenvalue weighted by atomic mass is 15.0. The maximum absolute atomic E-state index is 4.86. The number of nitrogens with zero attached hydrogens (tertiary/aromatic N) is 3. The first-order chi connectivity index (χ1) is 29.0. The number of para-hydroxylation sites is 2. The van der Waals surface area contributed by atoms with Crippen molar-refractivity contribution in [2.45, 2.75) is 19.3 Å². The van der Waals surface area contributed by atoms with Gasteiger partial charge in [-0.2, -0.15) is 0 Å². The van der Waals surface area contributed by atoms with Gasteiger partial charge in [-0.3, -0.25) is 4.57 Å². The fraction of sp³-hybridized carbons (Fsp3) is 0.0536. The van der Waals surface area contributed by atoms with Gasteiger partial charge in [0.15, 0.2) is 0 Å². The smallest absolute Gasteiger partial charge is 0.145 e. The molecule has 0 N–H and O–H groups in total. The molecule has 0 saturated heterocycles. The van der Waals surface area contributed by atoms with E-state index in [9.17, 15) is 0 Å². The van der Waals surface area contributed by atoms with Gasteiger partial charge in [-0.15, -0.1) is 0 Å². The molecular formula is C56H37N3. The van der Waals surface area contributed by atoms with Gasteiger partial charge in [-0.1, -0.05) is 111 Å². The van der Waals surface area contributed by atoms with Crippen LogP contribution in [0, 0.1) is 0 Å². The third kappa shape index (κ3) is 4.45. The van der Waals surface area contributed by atoms with Crippen molar-refractivity contribution in [2.24, 2.45) is 0 Å². The summed E-state index contributed by atoms with van der Waals surface area (Å²) in [6, 6.07) is 67.4. The third-order valence-electron chi connectivity index (χ3n) is 13.3. The highest BCUT2D eigenvalue weighted by Crippen LogP contribution is 2.53. The number of hydrogen-bond acceptors (Lipinski definition) is 1. The second-order valence-electron chi connectivity index (χ2n) is 16.8. The zero-order valence-electron chi connectivity index (χ0n) is 32.7. The lowest BCUT2D eigenvalue weighted by atomic mass is 9.81. The van der Waals surface area contributed by atoms with E-state index in [1.165, 1.54) is 98.6 Å². The number of benzene rings is 9. The molecule has 3 heterocycles. The molecule has 3 heteroatoms. The van der Waals surface area contributed by atoms with Crippen LogP contribution in [0.25, 0.3) is 110 Å². The summed E-state index contributed by atoms with van der Waals surface area (Å²) in [5.74, 6) is 0. The Labute approximate surface area is 341 Å². The zero-order valence-corrected chi connectivity index (χ0v) is 32.7. The van der Waals surface area contributed by atoms with Crippen LogP contribution >= 0.6 is 0 Å². The van der Waals surface area contributed by atoms with Crippen LogP contribution in [0.3, 0.4) is 0 Å². The molecule has 59 heavy (non-hydrogen) atoms. The molecule has 3 nitrogen and oxygen atoms in total. The average molecular weight is 752 g/mol. The molecule has 0 amide bonds. The van der Waals surface area contributed by atoms with Gasteiger partial charge in [0.25, 0.3) is 0 Å². The monoisotopic (exact) mass is 751 g/mol. The molecule has 13 rings (SSSR count). The van der Waals surface area contributed by atoms with Gasteiger partial charge in [0.2, 0.25) is 0 Å². The van der Waals surface area contributed by atoms with E-state index >= 15 is 0 Å². The molecule has 276 valence electrons. The van der Waals surface area contributed by atoms with E-state index in [1.54, 1.807) is 0 Å². The van der Waals surface area contributed by atoms with Gasteiger partial charge in [0.05, 0.1) is 16.6 Å². The minimum absolute atomic E-state index is 0.188. The van der Waals surface area contributed by atoms with Gasteiger partial charge in [0, 0.05) is 44.5 Å². The van der Waals surface area contributed by atoms with E-state index < -0.39 is 0 Å². The average Bonchev–Trinajstić information content (AvgIpc) is 3.87. The molecular weight excluding hydrogens is 715 g/mol. The number of hydrogen-bond donors (Lipinski definition) is 0. The van der Waals surface area contributed by atoms with Crippen molar-refractivity contribution < 1.29 is 0 Å². The van der Waals surface area contributed by atoms with Crippen molar-refractivity contribution in [3.63, 3.8) is 0 Å². The Morgan fingerprint density at radius 3 is 1.44 bits per heavy atom. The Morgan fingerprint density at radius 2 is 0.814 bits per heavy atom. The van der Waals surface area contributed by atoms with Crippen LogP contribution in [0.5, 0.6) is 0 Å². The molecule has 0 fully saturated rings. The topological polar surface area (TPSA) is 22.8 Å². The first-order valence-corrected chi connectivity index (χ1v) is 20.5. The molecule has 0 bridgehead atoms. The fourth-order valence-corrected chi connectivity index (χ4v) is 10.5. The van der Waals surface area contributed by atoms with Gasteiger partial charge in [0.1, 0.15) is 5.65 Å². The van der Waals surface area contributed by atoms with Crippen LogP contribution in [0.15, 0.2) is 188 Å². The minimum Gasteiger partial charge on any atom is -0.309 e. The summed E-state index contributed by atoms with van der Waals surface area (Å²) in [6.07, 6.45) is 1.89. The predicted octanol–water partition coefficient (Wildman–Crippen LogP) is 14.7. The molecule has 3 aromatic heterocycles. The summed E-state index contributed by atoms with van der Waals surface area (Å²) >= 11 is 0. The predicted molar refractivity (Wildman–Crippen MR) is 248 cm³/mol. The Morgan fingerprint density at radius 1 is 0.356 bits per heavy atom. The van der Waals surface area contributed by atoms with E-state index in [0.29, 0.717) is 0 Å². The normalized spacial score (nSPS) is 13.4. The van der Waals surface area contributed by atoms with E-state index in [0.717, 1.165) is 22.2 Å². The molecule has 0 saturated carbocycles. The van der Waals surface area contributed by atoms with E-state index in [2.05, 4.69) is 199 Å². The van der Waals surface area contributed by atoms with Gasteiger partial charge in [-0.05, 0) is 151 Å². The maximum Gasteiger partial charge on any atom is 0.145 e. The van der Waals surface area contributed by atoms with Crippen molar-refractivity contribution in [3.8, 4) is 33.6 Å². The van der Waals surface area contributed by atoms with Crippen LogP contribution in [-0.2, 0) is 5.41 Å². The van der Waals surface area contributed by atoms with Crippen LogP contribution < -0.4 is 0 Å². The molecule has 0 atom stereocenters. The lowest BCUT2D eigenvalue weighted by molar-refractivity contribution is 0.662. The van der Waals surface area contributed by atoms with Crippen molar-refractivity contribution in [1.29, 1.82) is 0 Å². The number of fused-ring (bicyclic) bond motifs is 15. The molecule has 0 spiro atoms. The van der Waals surface area contributed by atoms with E-state index in [4.69, 9.17) is 4.98 Å². The van der Waals surface area contributed by atoms with Gasteiger partial charge < -0.3 is 4.57 Å². The highest BCUT2D eigenvalue weighted by molar-refractivity contribution is 6.26. The largest absolute Gasteiger partial charge is 0.309 e. The Balaban J connectivity index is 1.07. The second-order valence-corrected chi connectivity index (χ2v) is 16.8. The molecule has 0 unspecified atom stereocenters. The number of rotatable bonds is 3. The second kappa shape index (κ2) is 11.8. The Kier molecular flexibility index (Phi) is 6.51. The van der Waals surface area contributed by atoms with Crippen LogP contribution in [0.2, 0.25) is 0 Å². The summed E-state index contributed by atoms with van der Waals surface area (Å²) in [7, 11) is 0. The maximum atomic E-state index is 4.86. The lowest BCUT2D eigenvalue weighted by Crippen LogP contribution is -2.15. The minimum atomic E-state index is -0.188. The molecule has 1 aliphatic rings. The summed E-state index contributed by atoms with van der Waals surface area (Å²) in [5.41, 5.74) is 14.5. The number of pyridine rings is 1. The third-order valence-corrected chi connectivity index (χ3v) is 13.3. The summed E-state index contributed by atoms with van der Waals surface area (Å²) < 4.78 is 4.74. The van der Waals surface area contributed by atoms with E-state index in [1.807, 2.05) is 12.3 Å². The van der Waals surface area contributed by atoms with E-state index in [-0.39, 0.29) is 5.41 Å². The number of aromatic nitrogens is 3. The van der Waals surface area contributed by atoms with Crippen LogP contribution in [0.1, 0.15) is 25.0 Å². The summed E-state index contributed by atoms with van der Waals surface area (Å²) in [6.45, 7) is 4.82. The SMILES string of the molecule is CC1(C)c2cc3c4ccccc4c4ccccc4c3cc2-c2cc3c4cc(-c5ccc6c(c5)c5cccnc5n6-c5ccccc5)ccc4n(-c4ccccc4)c3cc21. The quantitative estimate of drug-likeness (QED) is 0.165. The first-order valence-electron chi connectivity index (χ1n) is 20.5. The standard InChI is InChI=1S/C56H37N3/c1-56(2)50-32-44-41-21-12-10-19-39(41)38-18-9-11-20-40(38)43(44)30-45(50)46-31-49-48-29-35(23-25-52(48)58(54(49)33-51(46)56)36-14-5-3-6-15-36)34-24-26-53-47(28-34)42-22-13-27-57-55(42)59(53)37-16-7-4-8-17-37/h3-33H,1-2H3. The van der Waals surface area contributed by atoms with Crippen molar-refractivity contribution in [3.05, 3.63) is 199 Å². The molecule has 9 aromatic carbocycles. The van der Waals surface area contributed by atoms with Gasteiger partial charge in [-0.25, -0.2) is 4.98 Å². The molecule has 0 radical (unpaired) electrons. The molecule has 12 aromatic rings. The highest BCUT2D eigenvalue weighted by Gasteiger charge is 2.37. The van der Waals surface area contributed by atoms with Crippen molar-refractivity contribution >= 4 is 76.1 Å². The van der Waals surface area contributed by atoms with Crippen LogP contribution in [-0.4, -0.2) is 14.1 Å².